The number of rotatable bonds is 5. The van der Waals surface area contributed by atoms with Crippen LogP contribution in [0.1, 0.15) is 33.6 Å². The van der Waals surface area contributed by atoms with Crippen molar-refractivity contribution in [1.29, 1.82) is 0 Å². The van der Waals surface area contributed by atoms with Gasteiger partial charge in [-0.05, 0) is 33.6 Å². The van der Waals surface area contributed by atoms with Crippen molar-refractivity contribution in [2.75, 3.05) is 13.6 Å². The van der Waals surface area contributed by atoms with E-state index >= 15 is 0 Å². The van der Waals surface area contributed by atoms with E-state index in [1.54, 1.807) is 13.1 Å². The second kappa shape index (κ2) is 6.53. The van der Waals surface area contributed by atoms with Gasteiger partial charge in [-0.25, -0.2) is 4.79 Å². The summed E-state index contributed by atoms with van der Waals surface area (Å²) in [6.07, 6.45) is 1.93. The monoisotopic (exact) mass is 229 g/mol. The number of nitrogens with zero attached hydrogens (tertiary/aromatic N) is 1. The summed E-state index contributed by atoms with van der Waals surface area (Å²) in [5.74, 6) is 0. The smallest absolute Gasteiger partial charge is 0.410 e. The lowest BCUT2D eigenvalue weighted by Crippen LogP contribution is -2.35. The minimum absolute atomic E-state index is 0.363. The highest BCUT2D eigenvalue weighted by atomic mass is 16.6. The Morgan fingerprint density at radius 3 is 2.56 bits per heavy atom. The van der Waals surface area contributed by atoms with Crippen LogP contribution in [0.3, 0.4) is 0 Å². The van der Waals surface area contributed by atoms with E-state index < -0.39 is 11.7 Å². The van der Waals surface area contributed by atoms with Crippen LogP contribution < -0.4 is 0 Å². The van der Waals surface area contributed by atoms with E-state index in [0.717, 1.165) is 0 Å². The normalized spacial score (nSPS) is 13.1. The molecule has 16 heavy (non-hydrogen) atoms. The zero-order chi connectivity index (χ0) is 12.8. The van der Waals surface area contributed by atoms with Crippen molar-refractivity contribution < 1.29 is 14.6 Å². The van der Waals surface area contributed by atoms with Crippen molar-refractivity contribution in [3.63, 3.8) is 0 Å². The summed E-state index contributed by atoms with van der Waals surface area (Å²) in [4.78, 5) is 13.0. The second-order valence-electron chi connectivity index (χ2n) is 4.87. The molecule has 4 heteroatoms. The van der Waals surface area contributed by atoms with Crippen LogP contribution in [0.25, 0.3) is 0 Å². The molecular weight excluding hydrogens is 206 g/mol. The van der Waals surface area contributed by atoms with E-state index in [2.05, 4.69) is 6.58 Å². The lowest BCUT2D eigenvalue weighted by molar-refractivity contribution is 0.0275. The first-order chi connectivity index (χ1) is 7.26. The fourth-order valence-electron chi connectivity index (χ4n) is 1.08. The topological polar surface area (TPSA) is 49.8 Å². The Labute approximate surface area is 97.9 Å². The van der Waals surface area contributed by atoms with Gasteiger partial charge in [-0.15, -0.1) is 6.58 Å². The predicted octanol–water partition coefficient (Wildman–Crippen LogP) is 2.18. The average molecular weight is 229 g/mol. The highest BCUT2D eigenvalue weighted by Gasteiger charge is 2.19. The van der Waals surface area contributed by atoms with Crippen LogP contribution in [-0.2, 0) is 4.74 Å². The molecule has 1 atom stereocenters. The third kappa shape index (κ3) is 7.29. The zero-order valence-corrected chi connectivity index (χ0v) is 10.7. The SMILES string of the molecule is C=CCC(O)CCN(C)C(=O)OC(C)(C)C. The van der Waals surface area contributed by atoms with E-state index in [0.29, 0.717) is 19.4 Å². The van der Waals surface area contributed by atoms with Crippen molar-refractivity contribution in [1.82, 2.24) is 4.90 Å². The van der Waals surface area contributed by atoms with Gasteiger partial charge in [0.2, 0.25) is 0 Å². The van der Waals surface area contributed by atoms with Crippen LogP contribution in [0.4, 0.5) is 4.79 Å². The molecule has 0 saturated carbocycles. The van der Waals surface area contributed by atoms with Gasteiger partial charge in [0.05, 0.1) is 6.10 Å². The van der Waals surface area contributed by atoms with Crippen LogP contribution in [0.2, 0.25) is 0 Å². The molecule has 0 aliphatic heterocycles. The number of carbonyl (C=O) groups excluding carboxylic acids is 1. The molecule has 1 N–H and O–H groups in total. The summed E-state index contributed by atoms with van der Waals surface area (Å²) in [5, 5.41) is 9.46. The quantitative estimate of drug-likeness (QED) is 0.735. The Balaban J connectivity index is 3.92. The van der Waals surface area contributed by atoms with Crippen molar-refractivity contribution >= 4 is 6.09 Å². The van der Waals surface area contributed by atoms with Crippen LogP contribution in [0.15, 0.2) is 12.7 Å². The molecule has 0 radical (unpaired) electrons. The number of hydrogen-bond acceptors (Lipinski definition) is 3. The Morgan fingerprint density at radius 2 is 2.12 bits per heavy atom. The second-order valence-corrected chi connectivity index (χ2v) is 4.87. The molecule has 0 rings (SSSR count). The van der Waals surface area contributed by atoms with Crippen LogP contribution >= 0.6 is 0 Å². The van der Waals surface area contributed by atoms with E-state index in [9.17, 15) is 9.90 Å². The molecule has 1 amide bonds. The molecule has 0 saturated heterocycles. The lowest BCUT2D eigenvalue weighted by Gasteiger charge is -2.25. The maximum atomic E-state index is 11.5. The summed E-state index contributed by atoms with van der Waals surface area (Å²) >= 11 is 0. The molecule has 0 heterocycles. The number of aliphatic hydroxyl groups is 1. The highest BCUT2D eigenvalue weighted by Crippen LogP contribution is 2.09. The van der Waals surface area contributed by atoms with Gasteiger partial charge >= 0.3 is 6.09 Å². The molecule has 0 aromatic carbocycles. The zero-order valence-electron chi connectivity index (χ0n) is 10.7. The fourth-order valence-corrected chi connectivity index (χ4v) is 1.08. The van der Waals surface area contributed by atoms with Gasteiger partial charge in [-0.3, -0.25) is 0 Å². The molecule has 0 spiro atoms. The molecule has 4 nitrogen and oxygen atoms in total. The molecule has 94 valence electrons. The number of amides is 1. The third-order valence-corrected chi connectivity index (χ3v) is 1.94. The van der Waals surface area contributed by atoms with Crippen LogP contribution in [-0.4, -0.2) is 41.4 Å². The van der Waals surface area contributed by atoms with E-state index in [1.165, 1.54) is 4.90 Å². The minimum atomic E-state index is -0.481. The molecule has 1 unspecified atom stereocenters. The van der Waals surface area contributed by atoms with Gasteiger partial charge in [0.25, 0.3) is 0 Å². The van der Waals surface area contributed by atoms with Gasteiger partial charge in [-0.2, -0.15) is 0 Å². The number of ether oxygens (including phenoxy) is 1. The van der Waals surface area contributed by atoms with Crippen molar-refractivity contribution in [2.24, 2.45) is 0 Å². The summed E-state index contributed by atoms with van der Waals surface area (Å²) in [6, 6.07) is 0. The molecule has 0 fully saturated rings. The number of carbonyl (C=O) groups is 1. The van der Waals surface area contributed by atoms with Gasteiger partial charge in [0.15, 0.2) is 0 Å². The maximum Gasteiger partial charge on any atom is 0.410 e. The van der Waals surface area contributed by atoms with E-state index in [4.69, 9.17) is 4.74 Å². The van der Waals surface area contributed by atoms with Gasteiger partial charge < -0.3 is 14.7 Å². The van der Waals surface area contributed by atoms with Gasteiger partial charge in [-0.1, -0.05) is 6.08 Å². The predicted molar refractivity (Wildman–Crippen MR) is 64.3 cm³/mol. The first-order valence-electron chi connectivity index (χ1n) is 5.49. The van der Waals surface area contributed by atoms with Gasteiger partial charge in [0, 0.05) is 13.6 Å². The summed E-state index contributed by atoms with van der Waals surface area (Å²) in [7, 11) is 1.66. The summed E-state index contributed by atoms with van der Waals surface area (Å²) < 4.78 is 5.18. The fraction of sp³-hybridized carbons (Fsp3) is 0.750. The lowest BCUT2D eigenvalue weighted by atomic mass is 10.2. The standard InChI is InChI=1S/C12H23NO3/c1-6-7-10(14)8-9-13(5)11(15)16-12(2,3)4/h6,10,14H,1,7-9H2,2-5H3. The maximum absolute atomic E-state index is 11.5. The molecule has 0 aliphatic carbocycles. The number of hydrogen-bond donors (Lipinski definition) is 1. The molecule has 0 aliphatic rings. The molecule has 0 aromatic rings. The van der Waals surface area contributed by atoms with Crippen LogP contribution in [0, 0.1) is 0 Å². The Morgan fingerprint density at radius 1 is 1.56 bits per heavy atom. The summed E-state index contributed by atoms with van der Waals surface area (Å²) in [6.45, 7) is 9.50. The van der Waals surface area contributed by atoms with Crippen molar-refractivity contribution in [3.05, 3.63) is 12.7 Å². The highest BCUT2D eigenvalue weighted by molar-refractivity contribution is 5.67. The van der Waals surface area contributed by atoms with Crippen LogP contribution in [0.5, 0.6) is 0 Å². The first kappa shape index (κ1) is 15.0. The molecule has 0 aromatic heterocycles. The van der Waals surface area contributed by atoms with E-state index in [1.807, 2.05) is 20.8 Å². The largest absolute Gasteiger partial charge is 0.444 e. The first-order valence-corrected chi connectivity index (χ1v) is 5.49. The molecule has 0 bridgehead atoms. The Hall–Kier alpha value is -1.03. The van der Waals surface area contributed by atoms with E-state index in [-0.39, 0.29) is 6.09 Å². The average Bonchev–Trinajstić information content (AvgIpc) is 2.11. The molecular formula is C12H23NO3. The Bertz CT molecular complexity index is 233. The van der Waals surface area contributed by atoms with Crippen molar-refractivity contribution in [2.45, 2.75) is 45.3 Å². The Kier molecular flexibility index (Phi) is 6.11. The third-order valence-electron chi connectivity index (χ3n) is 1.94. The minimum Gasteiger partial charge on any atom is -0.444 e. The number of aliphatic hydroxyl groups excluding tert-OH is 1. The summed E-state index contributed by atoms with van der Waals surface area (Å²) in [5.41, 5.74) is -0.481. The van der Waals surface area contributed by atoms with Crippen molar-refractivity contribution in [3.8, 4) is 0 Å². The van der Waals surface area contributed by atoms with Gasteiger partial charge in [0.1, 0.15) is 5.60 Å².